The predicted octanol–water partition coefficient (Wildman–Crippen LogP) is 5.20. The summed E-state index contributed by atoms with van der Waals surface area (Å²) in [7, 11) is 0. The van der Waals surface area contributed by atoms with Gasteiger partial charge in [-0.05, 0) is 23.8 Å². The molecular weight excluding hydrogens is 416 g/mol. The average Bonchev–Trinajstić information content (AvgIpc) is 3.19. The number of ether oxygens (including phenoxy) is 1. The van der Waals surface area contributed by atoms with Crippen LogP contribution in [0.25, 0.3) is 0 Å². The lowest BCUT2D eigenvalue weighted by atomic mass is 9.96. The Morgan fingerprint density at radius 2 is 1.68 bits per heavy atom. The van der Waals surface area contributed by atoms with E-state index in [0.717, 1.165) is 33.5 Å². The Balaban J connectivity index is 1.56. The lowest BCUT2D eigenvalue weighted by Gasteiger charge is -2.37. The van der Waals surface area contributed by atoms with Gasteiger partial charge in [-0.1, -0.05) is 76.6 Å². The number of fused-ring (bicyclic) bond motifs is 3. The first-order chi connectivity index (χ1) is 13.7. The summed E-state index contributed by atoms with van der Waals surface area (Å²) < 4.78 is 7.15. The maximum Gasteiger partial charge on any atom is 0.251 e. The van der Waals surface area contributed by atoms with Gasteiger partial charge in [0.25, 0.3) is 6.23 Å². The molecule has 28 heavy (non-hydrogen) atoms. The highest BCUT2D eigenvalue weighted by molar-refractivity contribution is 9.10. The van der Waals surface area contributed by atoms with Gasteiger partial charge in [0.2, 0.25) is 5.78 Å². The molecule has 2 aliphatic rings. The molecule has 0 saturated carbocycles. The van der Waals surface area contributed by atoms with Crippen molar-refractivity contribution in [3.63, 3.8) is 0 Å². The van der Waals surface area contributed by atoms with Crippen molar-refractivity contribution in [2.75, 3.05) is 0 Å². The standard InChI is InChI=1S/C23H17BrN2O2/c24-17-12-10-15(11-13-17)19-14-20-18-8-4-5-9-21(18)28-23(26(20)25-19)22(27)16-6-2-1-3-7-16/h1-13,20,23H,14H2/t20-,23-/m1/s1. The number of hydrazone groups is 1. The molecule has 0 spiro atoms. The SMILES string of the molecule is O=C(c1ccccc1)[C@H]1Oc2ccccc2[C@H]2CC(c3ccc(Br)cc3)=NN12. The number of para-hydroxylation sites is 1. The third-order valence-electron chi connectivity index (χ3n) is 5.16. The quantitative estimate of drug-likeness (QED) is 0.533. The highest BCUT2D eigenvalue weighted by Crippen LogP contribution is 2.43. The number of nitrogens with zero attached hydrogens (tertiary/aromatic N) is 2. The molecule has 3 aromatic carbocycles. The van der Waals surface area contributed by atoms with Crippen molar-refractivity contribution in [2.45, 2.75) is 18.7 Å². The van der Waals surface area contributed by atoms with Gasteiger partial charge in [-0.2, -0.15) is 5.10 Å². The van der Waals surface area contributed by atoms with E-state index in [1.54, 1.807) is 0 Å². The zero-order valence-corrected chi connectivity index (χ0v) is 16.5. The van der Waals surface area contributed by atoms with Crippen molar-refractivity contribution < 1.29 is 9.53 Å². The topological polar surface area (TPSA) is 41.9 Å². The molecule has 2 atom stereocenters. The van der Waals surface area contributed by atoms with Crippen LogP contribution in [0.3, 0.4) is 0 Å². The third kappa shape index (κ3) is 2.92. The minimum absolute atomic E-state index is 0.0127. The van der Waals surface area contributed by atoms with Crippen molar-refractivity contribution in [3.05, 3.63) is 100 Å². The first-order valence-electron chi connectivity index (χ1n) is 9.17. The van der Waals surface area contributed by atoms with Gasteiger partial charge in [-0.15, -0.1) is 0 Å². The van der Waals surface area contributed by atoms with Crippen LogP contribution in [0.2, 0.25) is 0 Å². The van der Waals surface area contributed by atoms with Gasteiger partial charge < -0.3 is 4.74 Å². The Kier molecular flexibility index (Phi) is 4.24. The van der Waals surface area contributed by atoms with Crippen LogP contribution in [0.15, 0.2) is 88.4 Å². The second-order valence-electron chi connectivity index (χ2n) is 6.89. The average molecular weight is 433 g/mol. The Morgan fingerprint density at radius 3 is 2.46 bits per heavy atom. The van der Waals surface area contributed by atoms with Crippen molar-refractivity contribution in [2.24, 2.45) is 5.10 Å². The molecule has 0 radical (unpaired) electrons. The van der Waals surface area contributed by atoms with Gasteiger partial charge in [0.1, 0.15) is 5.75 Å². The number of carbonyl (C=O) groups is 1. The Labute approximate surface area is 171 Å². The fraction of sp³-hybridized carbons (Fsp3) is 0.130. The fourth-order valence-electron chi connectivity index (χ4n) is 3.77. The highest BCUT2D eigenvalue weighted by atomic mass is 79.9. The summed E-state index contributed by atoms with van der Waals surface area (Å²) in [5, 5.41) is 6.65. The van der Waals surface area contributed by atoms with Gasteiger partial charge >= 0.3 is 0 Å². The summed E-state index contributed by atoms with van der Waals surface area (Å²) >= 11 is 3.48. The molecule has 0 aromatic heterocycles. The van der Waals surface area contributed by atoms with E-state index in [0.29, 0.717) is 5.56 Å². The summed E-state index contributed by atoms with van der Waals surface area (Å²) in [5.41, 5.74) is 3.71. The fourth-order valence-corrected chi connectivity index (χ4v) is 4.03. The second kappa shape index (κ2) is 6.91. The molecule has 5 rings (SSSR count). The van der Waals surface area contributed by atoms with Crippen LogP contribution in [0.4, 0.5) is 0 Å². The zero-order chi connectivity index (χ0) is 19.1. The number of ketones is 1. The van der Waals surface area contributed by atoms with Crippen LogP contribution in [0, 0.1) is 0 Å². The van der Waals surface area contributed by atoms with E-state index in [1.165, 1.54) is 0 Å². The number of halogens is 1. The van der Waals surface area contributed by atoms with E-state index in [9.17, 15) is 4.79 Å². The number of hydrogen-bond acceptors (Lipinski definition) is 4. The first-order valence-corrected chi connectivity index (χ1v) is 9.96. The molecule has 0 amide bonds. The van der Waals surface area contributed by atoms with Gasteiger partial charge in [0.15, 0.2) is 0 Å². The molecule has 138 valence electrons. The summed E-state index contributed by atoms with van der Waals surface area (Å²) in [4.78, 5) is 13.2. The van der Waals surface area contributed by atoms with Crippen molar-refractivity contribution in [1.82, 2.24) is 5.01 Å². The monoisotopic (exact) mass is 432 g/mol. The Morgan fingerprint density at radius 1 is 0.964 bits per heavy atom. The molecule has 5 heteroatoms. The Bertz CT molecular complexity index is 1060. The maximum atomic E-state index is 13.2. The van der Waals surface area contributed by atoms with Crippen molar-refractivity contribution in [3.8, 4) is 5.75 Å². The molecule has 4 nitrogen and oxygen atoms in total. The molecule has 0 aliphatic carbocycles. The predicted molar refractivity (Wildman–Crippen MR) is 112 cm³/mol. The molecule has 0 saturated heterocycles. The first kappa shape index (κ1) is 17.2. The smallest absolute Gasteiger partial charge is 0.251 e. The number of hydrogen-bond donors (Lipinski definition) is 0. The van der Waals surface area contributed by atoms with E-state index in [2.05, 4.69) is 22.0 Å². The summed E-state index contributed by atoms with van der Waals surface area (Å²) in [5.74, 6) is 0.672. The molecule has 0 unspecified atom stereocenters. The largest absolute Gasteiger partial charge is 0.461 e. The summed E-state index contributed by atoms with van der Waals surface area (Å²) in [6, 6.07) is 25.3. The lowest BCUT2D eigenvalue weighted by molar-refractivity contribution is -0.00455. The minimum atomic E-state index is -0.768. The van der Waals surface area contributed by atoms with Gasteiger partial charge in [-0.3, -0.25) is 4.79 Å². The number of rotatable bonds is 3. The summed E-state index contributed by atoms with van der Waals surface area (Å²) in [6.07, 6.45) is -0.0316. The molecule has 0 fully saturated rings. The maximum absolute atomic E-state index is 13.2. The second-order valence-corrected chi connectivity index (χ2v) is 7.81. The van der Waals surface area contributed by atoms with Crippen LogP contribution in [0.1, 0.15) is 33.9 Å². The van der Waals surface area contributed by atoms with Crippen LogP contribution in [-0.4, -0.2) is 22.7 Å². The van der Waals surface area contributed by atoms with Crippen LogP contribution >= 0.6 is 15.9 Å². The molecule has 0 N–H and O–H groups in total. The zero-order valence-electron chi connectivity index (χ0n) is 15.0. The van der Waals surface area contributed by atoms with E-state index < -0.39 is 6.23 Å². The highest BCUT2D eigenvalue weighted by Gasteiger charge is 2.43. The number of benzene rings is 3. The van der Waals surface area contributed by atoms with Gasteiger partial charge in [0.05, 0.1) is 11.8 Å². The van der Waals surface area contributed by atoms with E-state index in [4.69, 9.17) is 9.84 Å². The number of Topliss-reactive ketones (excluding diaryl/α,β-unsaturated/α-hetero) is 1. The van der Waals surface area contributed by atoms with Crippen LogP contribution in [0.5, 0.6) is 5.75 Å². The third-order valence-corrected chi connectivity index (χ3v) is 5.69. The molecule has 2 heterocycles. The van der Waals surface area contributed by atoms with E-state index in [1.807, 2.05) is 77.8 Å². The lowest BCUT2D eigenvalue weighted by Crippen LogP contribution is -2.45. The normalized spacial score (nSPS) is 20.0. The van der Waals surface area contributed by atoms with E-state index >= 15 is 0 Å². The van der Waals surface area contributed by atoms with E-state index in [-0.39, 0.29) is 11.8 Å². The van der Waals surface area contributed by atoms with Crippen LogP contribution < -0.4 is 4.74 Å². The van der Waals surface area contributed by atoms with Gasteiger partial charge in [0, 0.05) is 22.0 Å². The molecular formula is C23H17BrN2O2. The number of carbonyl (C=O) groups excluding carboxylic acids is 1. The molecule has 2 aliphatic heterocycles. The molecule has 3 aromatic rings. The Hall–Kier alpha value is -2.92. The summed E-state index contributed by atoms with van der Waals surface area (Å²) in [6.45, 7) is 0. The van der Waals surface area contributed by atoms with Gasteiger partial charge in [-0.25, -0.2) is 5.01 Å². The molecule has 0 bridgehead atoms. The van der Waals surface area contributed by atoms with Crippen molar-refractivity contribution >= 4 is 27.4 Å². The minimum Gasteiger partial charge on any atom is -0.461 e. The van der Waals surface area contributed by atoms with Crippen LogP contribution in [-0.2, 0) is 0 Å². The van der Waals surface area contributed by atoms with Crippen molar-refractivity contribution in [1.29, 1.82) is 0 Å².